The summed E-state index contributed by atoms with van der Waals surface area (Å²) in [6, 6.07) is 5.65. The molecule has 2 N–H and O–H groups in total. The first-order chi connectivity index (χ1) is 10.3. The van der Waals surface area contributed by atoms with Gasteiger partial charge in [-0.1, -0.05) is 6.07 Å². The number of hydrogen-bond acceptors (Lipinski definition) is 6. The first kappa shape index (κ1) is 14.6. The number of benzene rings is 1. The Morgan fingerprint density at radius 1 is 1.18 bits per heavy atom. The van der Waals surface area contributed by atoms with E-state index in [1.807, 2.05) is 18.2 Å². The molecule has 2 aliphatic rings. The Balaban J connectivity index is 1.76. The van der Waals surface area contributed by atoms with Crippen molar-refractivity contribution in [2.75, 3.05) is 5.32 Å². The van der Waals surface area contributed by atoms with Crippen LogP contribution in [0.3, 0.4) is 0 Å². The number of esters is 2. The molecule has 0 aromatic heterocycles. The highest BCUT2D eigenvalue weighted by molar-refractivity contribution is 6.15. The van der Waals surface area contributed by atoms with Crippen LogP contribution < -0.4 is 5.32 Å². The second kappa shape index (κ2) is 5.14. The van der Waals surface area contributed by atoms with Gasteiger partial charge in [0.15, 0.2) is 5.57 Å². The Labute approximate surface area is 127 Å². The van der Waals surface area contributed by atoms with Crippen molar-refractivity contribution in [2.24, 2.45) is 0 Å². The van der Waals surface area contributed by atoms with Crippen molar-refractivity contribution in [1.29, 1.82) is 0 Å². The maximum absolute atomic E-state index is 11.8. The predicted octanol–water partition coefficient (Wildman–Crippen LogP) is 1.28. The highest BCUT2D eigenvalue weighted by Gasteiger charge is 2.38. The third-order valence-electron chi connectivity index (χ3n) is 3.62. The molecule has 0 spiro atoms. The van der Waals surface area contributed by atoms with E-state index in [4.69, 9.17) is 9.47 Å². The van der Waals surface area contributed by atoms with Gasteiger partial charge < -0.3 is 19.9 Å². The van der Waals surface area contributed by atoms with Crippen molar-refractivity contribution in [3.05, 3.63) is 41.1 Å². The highest BCUT2D eigenvalue weighted by atomic mass is 16.7. The maximum Gasteiger partial charge on any atom is 0.350 e. The summed E-state index contributed by atoms with van der Waals surface area (Å²) < 4.78 is 10.0. The van der Waals surface area contributed by atoms with Crippen LogP contribution in [0, 0.1) is 0 Å². The van der Waals surface area contributed by atoms with Crippen molar-refractivity contribution in [3.63, 3.8) is 0 Å². The summed E-state index contributed by atoms with van der Waals surface area (Å²) in [7, 11) is 0. The van der Waals surface area contributed by atoms with E-state index in [-0.39, 0.29) is 11.7 Å². The van der Waals surface area contributed by atoms with Crippen molar-refractivity contribution in [3.8, 4) is 0 Å². The van der Waals surface area contributed by atoms with Gasteiger partial charge in [-0.25, -0.2) is 9.59 Å². The van der Waals surface area contributed by atoms with Crippen molar-refractivity contribution in [2.45, 2.75) is 38.6 Å². The molecule has 0 radical (unpaired) electrons. The third kappa shape index (κ3) is 2.82. The minimum atomic E-state index is -1.24. The first-order valence-corrected chi connectivity index (χ1v) is 7.07. The largest absolute Gasteiger partial charge is 0.419 e. The summed E-state index contributed by atoms with van der Waals surface area (Å²) in [4.78, 5) is 23.6. The zero-order valence-corrected chi connectivity index (χ0v) is 12.4. The number of carbonyl (C=O) groups is 2. The molecular formula is C16H17NO5. The standard InChI is InChI=1S/C16H17NO5/c1-16(2)21-14(19)13(15(20)22-16)8-17-11-4-3-9-6-12(18)7-10(9)5-11/h3-5,8,12,17-18H,6-7H2,1-2H3. The number of carbonyl (C=O) groups excluding carboxylic acids is 2. The van der Waals surface area contributed by atoms with Crippen LogP contribution in [0.2, 0.25) is 0 Å². The number of aliphatic hydroxyl groups is 1. The van der Waals surface area contributed by atoms with Gasteiger partial charge in [0.25, 0.3) is 5.79 Å². The Morgan fingerprint density at radius 2 is 1.82 bits per heavy atom. The van der Waals surface area contributed by atoms with Gasteiger partial charge in [-0.15, -0.1) is 0 Å². The summed E-state index contributed by atoms with van der Waals surface area (Å²) in [5, 5.41) is 12.5. The quantitative estimate of drug-likeness (QED) is 0.486. The van der Waals surface area contributed by atoms with Crippen LogP contribution in [0.15, 0.2) is 30.0 Å². The molecule has 116 valence electrons. The smallest absolute Gasteiger partial charge is 0.350 e. The summed E-state index contributed by atoms with van der Waals surface area (Å²) in [5.41, 5.74) is 2.72. The van der Waals surface area contributed by atoms with Gasteiger partial charge in [0.05, 0.1) is 6.10 Å². The molecule has 0 saturated carbocycles. The molecule has 1 saturated heterocycles. The Hall–Kier alpha value is -2.34. The van der Waals surface area contributed by atoms with Crippen LogP contribution >= 0.6 is 0 Å². The van der Waals surface area contributed by atoms with E-state index < -0.39 is 17.7 Å². The molecule has 1 fully saturated rings. The van der Waals surface area contributed by atoms with E-state index in [1.165, 1.54) is 20.0 Å². The average Bonchev–Trinajstić information content (AvgIpc) is 2.75. The lowest BCUT2D eigenvalue weighted by Gasteiger charge is -2.29. The molecule has 1 aromatic carbocycles. The van der Waals surface area contributed by atoms with Crippen molar-refractivity contribution < 1.29 is 24.2 Å². The van der Waals surface area contributed by atoms with Gasteiger partial charge in [-0.2, -0.15) is 0 Å². The minimum absolute atomic E-state index is 0.181. The number of fused-ring (bicyclic) bond motifs is 1. The number of ether oxygens (including phenoxy) is 2. The first-order valence-electron chi connectivity index (χ1n) is 7.07. The normalized spacial score (nSPS) is 22.7. The fourth-order valence-electron chi connectivity index (χ4n) is 2.62. The van der Waals surface area contributed by atoms with E-state index in [9.17, 15) is 14.7 Å². The van der Waals surface area contributed by atoms with Gasteiger partial charge in [0, 0.05) is 25.7 Å². The molecule has 6 nitrogen and oxygen atoms in total. The predicted molar refractivity (Wildman–Crippen MR) is 77.8 cm³/mol. The fourth-order valence-corrected chi connectivity index (χ4v) is 2.62. The van der Waals surface area contributed by atoms with Crippen molar-refractivity contribution in [1.82, 2.24) is 0 Å². The number of rotatable bonds is 2. The summed E-state index contributed by atoms with van der Waals surface area (Å²) in [6.45, 7) is 3.00. The lowest BCUT2D eigenvalue weighted by Crippen LogP contribution is -2.42. The molecule has 0 bridgehead atoms. The van der Waals surface area contributed by atoms with E-state index in [1.54, 1.807) is 0 Å². The molecule has 3 rings (SSSR count). The van der Waals surface area contributed by atoms with Gasteiger partial charge in [0.1, 0.15) is 0 Å². The molecule has 1 unspecified atom stereocenters. The summed E-state index contributed by atoms with van der Waals surface area (Å²) in [6.07, 6.45) is 2.21. The number of cyclic esters (lactones) is 2. The van der Waals surface area contributed by atoms with Crippen LogP contribution in [0.5, 0.6) is 0 Å². The second-order valence-corrected chi connectivity index (χ2v) is 5.93. The zero-order valence-electron chi connectivity index (χ0n) is 12.4. The molecule has 0 amide bonds. The monoisotopic (exact) mass is 303 g/mol. The Kier molecular flexibility index (Phi) is 3.41. The molecule has 1 heterocycles. The van der Waals surface area contributed by atoms with Crippen LogP contribution in [-0.4, -0.2) is 28.9 Å². The number of aliphatic hydroxyl groups excluding tert-OH is 1. The van der Waals surface area contributed by atoms with E-state index in [2.05, 4.69) is 5.32 Å². The van der Waals surface area contributed by atoms with Gasteiger partial charge in [-0.05, 0) is 36.1 Å². The molecule has 1 aromatic rings. The van der Waals surface area contributed by atoms with Crippen LogP contribution in [0.1, 0.15) is 25.0 Å². The second-order valence-electron chi connectivity index (χ2n) is 5.93. The van der Waals surface area contributed by atoms with Gasteiger partial charge >= 0.3 is 11.9 Å². The van der Waals surface area contributed by atoms with E-state index in [0.717, 1.165) is 16.8 Å². The summed E-state index contributed by atoms with van der Waals surface area (Å²) >= 11 is 0. The van der Waals surface area contributed by atoms with Crippen molar-refractivity contribution >= 4 is 17.6 Å². The van der Waals surface area contributed by atoms with Gasteiger partial charge in [0.2, 0.25) is 0 Å². The van der Waals surface area contributed by atoms with Crippen LogP contribution in [-0.2, 0) is 31.9 Å². The lowest BCUT2D eigenvalue weighted by molar-refractivity contribution is -0.222. The number of nitrogens with one attached hydrogen (secondary N) is 1. The highest BCUT2D eigenvalue weighted by Crippen LogP contribution is 2.26. The minimum Gasteiger partial charge on any atom is -0.419 e. The van der Waals surface area contributed by atoms with E-state index >= 15 is 0 Å². The molecule has 1 aliphatic carbocycles. The topological polar surface area (TPSA) is 84.9 Å². The lowest BCUT2D eigenvalue weighted by atomic mass is 10.1. The SMILES string of the molecule is CC1(C)OC(=O)C(=CNc2ccc3c(c2)CC(O)C3)C(=O)O1. The van der Waals surface area contributed by atoms with Crippen LogP contribution in [0.4, 0.5) is 5.69 Å². The molecular weight excluding hydrogens is 286 g/mol. The summed E-state index contributed by atoms with van der Waals surface area (Å²) in [5.74, 6) is -2.68. The van der Waals surface area contributed by atoms with Gasteiger partial charge in [-0.3, -0.25) is 0 Å². The Morgan fingerprint density at radius 3 is 2.50 bits per heavy atom. The molecule has 22 heavy (non-hydrogen) atoms. The van der Waals surface area contributed by atoms with Crippen LogP contribution in [0.25, 0.3) is 0 Å². The van der Waals surface area contributed by atoms with E-state index in [0.29, 0.717) is 12.8 Å². The number of hydrogen-bond donors (Lipinski definition) is 2. The molecule has 1 aliphatic heterocycles. The third-order valence-corrected chi connectivity index (χ3v) is 3.62. The average molecular weight is 303 g/mol. The zero-order chi connectivity index (χ0) is 15.9. The molecule has 1 atom stereocenters. The maximum atomic E-state index is 11.8. The molecule has 6 heteroatoms. The Bertz CT molecular complexity index is 655. The number of anilines is 1. The fraction of sp³-hybridized carbons (Fsp3) is 0.375.